The quantitative estimate of drug-likeness (QED) is 0.196. The van der Waals surface area contributed by atoms with Crippen LogP contribution in [0.2, 0.25) is 0 Å². The van der Waals surface area contributed by atoms with Crippen LogP contribution in [0.25, 0.3) is 6.08 Å². The first-order valence-electron chi connectivity index (χ1n) is 11.6. The lowest BCUT2D eigenvalue weighted by molar-refractivity contribution is -0.405. The first-order chi connectivity index (χ1) is 17.2. The molecular formula is C28H31N3O5S. The van der Waals surface area contributed by atoms with Gasteiger partial charge in [-0.15, -0.1) is 0 Å². The van der Waals surface area contributed by atoms with E-state index < -0.39 is 10.1 Å². The van der Waals surface area contributed by atoms with Gasteiger partial charge in [-0.1, -0.05) is 29.8 Å². The molecule has 0 saturated heterocycles. The normalized spacial score (nSPS) is 14.2. The Balaban J connectivity index is 0.000000289. The van der Waals surface area contributed by atoms with Crippen molar-refractivity contribution in [3.63, 3.8) is 0 Å². The molecule has 0 aliphatic carbocycles. The van der Waals surface area contributed by atoms with Gasteiger partial charge in [0.05, 0.1) is 21.3 Å². The molecule has 0 aromatic heterocycles. The van der Waals surface area contributed by atoms with Gasteiger partial charge in [0.25, 0.3) is 5.69 Å². The molecule has 0 radical (unpaired) electrons. The third-order valence-electron chi connectivity index (χ3n) is 6.38. The highest BCUT2D eigenvalue weighted by Crippen LogP contribution is 2.41. The number of fused-ring (bicyclic) bond motifs is 1. The van der Waals surface area contributed by atoms with E-state index in [1.807, 2.05) is 38.7 Å². The topological polar surface area (TPSA) is 107 Å². The fraction of sp³-hybridized carbons (Fsp3) is 0.250. The molecule has 3 aromatic rings. The van der Waals surface area contributed by atoms with Gasteiger partial charge in [-0.05, 0) is 62.7 Å². The third kappa shape index (κ3) is 6.31. The standard InChI is InChI=1S/C21H24N3O2.C7H8O3S/c1-21(2)18-12-11-17(24(25)26)14-19(18)23(5)20(21)13-8-15-6-9-16(10-7-15)22(3)4;1-6-2-4-7(5-3-6)11(8,9)10/h6-14H,1-5H3;2-5H,1H3,(H,8,9,10)/q+1;/p-1. The average molecular weight is 522 g/mol. The zero-order valence-corrected chi connectivity index (χ0v) is 22.6. The van der Waals surface area contributed by atoms with Crippen LogP contribution in [0, 0.1) is 17.0 Å². The van der Waals surface area contributed by atoms with E-state index in [0.717, 1.165) is 33.8 Å². The van der Waals surface area contributed by atoms with E-state index in [1.165, 1.54) is 12.1 Å². The van der Waals surface area contributed by atoms with Crippen molar-refractivity contribution in [2.75, 3.05) is 26.0 Å². The van der Waals surface area contributed by atoms with Crippen molar-refractivity contribution in [2.24, 2.45) is 0 Å². The van der Waals surface area contributed by atoms with Crippen LogP contribution in [0.4, 0.5) is 17.1 Å². The summed E-state index contributed by atoms with van der Waals surface area (Å²) in [7, 11) is 1.74. The highest BCUT2D eigenvalue weighted by atomic mass is 32.2. The van der Waals surface area contributed by atoms with Gasteiger partial charge < -0.3 is 9.45 Å². The molecule has 0 spiro atoms. The summed E-state index contributed by atoms with van der Waals surface area (Å²) in [6.07, 6.45) is 4.20. The van der Waals surface area contributed by atoms with Crippen molar-refractivity contribution < 1.29 is 22.5 Å². The van der Waals surface area contributed by atoms with Crippen LogP contribution < -0.4 is 4.90 Å². The molecule has 4 rings (SSSR count). The molecule has 1 aliphatic rings. The van der Waals surface area contributed by atoms with Crippen molar-refractivity contribution in [1.82, 2.24) is 0 Å². The molecule has 194 valence electrons. The minimum Gasteiger partial charge on any atom is -0.744 e. The predicted molar refractivity (Wildman–Crippen MR) is 146 cm³/mol. The van der Waals surface area contributed by atoms with Crippen molar-refractivity contribution in [3.05, 3.63) is 99.6 Å². The van der Waals surface area contributed by atoms with Crippen LogP contribution in [0.3, 0.4) is 0 Å². The van der Waals surface area contributed by atoms with Crippen molar-refractivity contribution in [2.45, 2.75) is 31.1 Å². The van der Waals surface area contributed by atoms with Crippen LogP contribution in [0.5, 0.6) is 0 Å². The molecule has 1 heterocycles. The maximum Gasteiger partial charge on any atom is 0.276 e. The Morgan fingerprint density at radius 2 is 1.54 bits per heavy atom. The summed E-state index contributed by atoms with van der Waals surface area (Å²) in [5.74, 6) is 0. The zero-order chi connectivity index (χ0) is 27.5. The maximum atomic E-state index is 11.1. The Bertz CT molecular complexity index is 1470. The number of nitro groups is 1. The number of aryl methyl sites for hydroxylation is 1. The Hall–Kier alpha value is -3.82. The molecule has 0 atom stereocenters. The van der Waals surface area contributed by atoms with Crippen molar-refractivity contribution in [1.29, 1.82) is 0 Å². The lowest BCUT2D eigenvalue weighted by atomic mass is 9.81. The summed E-state index contributed by atoms with van der Waals surface area (Å²) in [4.78, 5) is 12.6. The number of hydrogen-bond donors (Lipinski definition) is 0. The summed E-state index contributed by atoms with van der Waals surface area (Å²) in [5.41, 5.74) is 6.24. The number of nitro benzene ring substituents is 1. The highest BCUT2D eigenvalue weighted by Gasteiger charge is 2.43. The number of benzene rings is 3. The second kappa shape index (κ2) is 10.7. The molecule has 0 saturated carbocycles. The smallest absolute Gasteiger partial charge is 0.276 e. The summed E-state index contributed by atoms with van der Waals surface area (Å²) in [6, 6.07) is 19.3. The van der Waals surface area contributed by atoms with Crippen LogP contribution in [0.1, 0.15) is 30.5 Å². The minimum absolute atomic E-state index is 0.121. The fourth-order valence-corrected chi connectivity index (χ4v) is 4.68. The summed E-state index contributed by atoms with van der Waals surface area (Å²) >= 11 is 0. The monoisotopic (exact) mass is 521 g/mol. The number of allylic oxidation sites excluding steroid dienone is 1. The molecule has 0 amide bonds. The number of nitrogens with zero attached hydrogens (tertiary/aromatic N) is 3. The van der Waals surface area contributed by atoms with Gasteiger partial charge in [0.2, 0.25) is 5.69 Å². The van der Waals surface area contributed by atoms with Gasteiger partial charge in [-0.2, -0.15) is 4.58 Å². The average Bonchev–Trinajstić information content (AvgIpc) is 3.02. The molecule has 1 aliphatic heterocycles. The van der Waals surface area contributed by atoms with Crippen LogP contribution >= 0.6 is 0 Å². The number of non-ortho nitro benzene ring substituents is 1. The molecule has 37 heavy (non-hydrogen) atoms. The van der Waals surface area contributed by atoms with Gasteiger partial charge in [0.15, 0.2) is 5.71 Å². The van der Waals surface area contributed by atoms with Crippen LogP contribution in [-0.2, 0) is 15.5 Å². The largest absolute Gasteiger partial charge is 0.744 e. The third-order valence-corrected chi connectivity index (χ3v) is 7.23. The minimum atomic E-state index is -4.27. The molecule has 8 nitrogen and oxygen atoms in total. The number of anilines is 1. The summed E-state index contributed by atoms with van der Waals surface area (Å²) in [6.45, 7) is 6.12. The van der Waals surface area contributed by atoms with E-state index >= 15 is 0 Å². The molecule has 0 fully saturated rings. The SMILES string of the molecule is CN(C)c1ccc(C=CC2=[N+](C)c3cc([N+](=O)[O-])ccc3C2(C)C)cc1.Cc1ccc(S(=O)(=O)[O-])cc1. The van der Waals surface area contributed by atoms with E-state index in [2.05, 4.69) is 55.2 Å². The van der Waals surface area contributed by atoms with Gasteiger partial charge in [0, 0.05) is 37.5 Å². The fourth-order valence-electron chi connectivity index (χ4n) is 4.21. The Kier molecular flexibility index (Phi) is 8.00. The Morgan fingerprint density at radius 1 is 0.946 bits per heavy atom. The molecule has 9 heteroatoms. The lowest BCUT2D eigenvalue weighted by Gasteiger charge is -2.15. The Morgan fingerprint density at radius 3 is 2.05 bits per heavy atom. The number of rotatable bonds is 5. The molecule has 0 bridgehead atoms. The van der Waals surface area contributed by atoms with E-state index in [1.54, 1.807) is 24.3 Å². The van der Waals surface area contributed by atoms with Gasteiger partial charge in [-0.3, -0.25) is 10.1 Å². The second-order valence-corrected chi connectivity index (χ2v) is 11.0. The molecule has 0 unspecified atom stereocenters. The van der Waals surface area contributed by atoms with Gasteiger partial charge in [0.1, 0.15) is 17.2 Å². The van der Waals surface area contributed by atoms with E-state index in [0.29, 0.717) is 0 Å². The first-order valence-corrected chi connectivity index (χ1v) is 13.0. The lowest BCUT2D eigenvalue weighted by Crippen LogP contribution is -2.26. The predicted octanol–water partition coefficient (Wildman–Crippen LogP) is 5.28. The van der Waals surface area contributed by atoms with Crippen molar-refractivity contribution in [3.8, 4) is 0 Å². The summed E-state index contributed by atoms with van der Waals surface area (Å²) in [5, 5.41) is 11.1. The zero-order valence-electron chi connectivity index (χ0n) is 21.8. The molecule has 0 N–H and O–H groups in total. The summed E-state index contributed by atoms with van der Waals surface area (Å²) < 4.78 is 33.2. The van der Waals surface area contributed by atoms with Gasteiger partial charge >= 0.3 is 0 Å². The second-order valence-electron chi connectivity index (χ2n) is 9.61. The molecular weight excluding hydrogens is 490 g/mol. The van der Waals surface area contributed by atoms with E-state index in [9.17, 15) is 23.1 Å². The van der Waals surface area contributed by atoms with Crippen molar-refractivity contribution >= 4 is 39.0 Å². The van der Waals surface area contributed by atoms with Crippen LogP contribution in [0.15, 0.2) is 77.7 Å². The highest BCUT2D eigenvalue weighted by molar-refractivity contribution is 7.85. The van der Waals surface area contributed by atoms with E-state index in [-0.39, 0.29) is 20.9 Å². The van der Waals surface area contributed by atoms with E-state index in [4.69, 9.17) is 0 Å². The molecule has 3 aromatic carbocycles. The van der Waals surface area contributed by atoms with Crippen LogP contribution in [-0.4, -0.2) is 49.3 Å². The van der Waals surface area contributed by atoms with Gasteiger partial charge in [-0.25, -0.2) is 8.42 Å². The maximum absolute atomic E-state index is 11.1. The first kappa shape index (κ1) is 27.8. The Labute approximate surface area is 218 Å². The number of hydrogen-bond acceptors (Lipinski definition) is 6.